The molecule has 8 nitrogen and oxygen atoms in total. The second-order valence-corrected chi connectivity index (χ2v) is 8.63. The van der Waals surface area contributed by atoms with Crippen LogP contribution in [-0.2, 0) is 13.0 Å². The number of aromatic amines is 1. The van der Waals surface area contributed by atoms with E-state index in [4.69, 9.17) is 14.2 Å². The molecule has 0 radical (unpaired) electrons. The van der Waals surface area contributed by atoms with Crippen LogP contribution in [0.4, 0.5) is 5.69 Å². The van der Waals surface area contributed by atoms with Crippen molar-refractivity contribution in [2.24, 2.45) is 0 Å². The van der Waals surface area contributed by atoms with Crippen LogP contribution in [0.1, 0.15) is 34.0 Å². The lowest BCUT2D eigenvalue weighted by atomic mass is 9.93. The summed E-state index contributed by atoms with van der Waals surface area (Å²) in [5, 5.41) is 15.9. The summed E-state index contributed by atoms with van der Waals surface area (Å²) in [5.41, 5.74) is 6.18. The first kappa shape index (κ1) is 22.7. The maximum absolute atomic E-state index is 11.1. The van der Waals surface area contributed by atoms with E-state index in [0.29, 0.717) is 11.3 Å². The lowest BCUT2D eigenvalue weighted by Gasteiger charge is -2.25. The average molecular weight is 474 g/mol. The van der Waals surface area contributed by atoms with E-state index >= 15 is 0 Å². The molecule has 0 aliphatic carbocycles. The van der Waals surface area contributed by atoms with Gasteiger partial charge in [0.05, 0.1) is 25.2 Å². The number of nitro groups is 1. The van der Waals surface area contributed by atoms with Crippen molar-refractivity contribution in [3.8, 4) is 17.2 Å². The summed E-state index contributed by atoms with van der Waals surface area (Å²) in [6.07, 6.45) is 0.935. The Morgan fingerprint density at radius 1 is 1.03 bits per heavy atom. The maximum atomic E-state index is 11.1. The number of fused-ring (bicyclic) bond motifs is 3. The molecule has 0 fully saturated rings. The number of H-pyrrole nitrogens is 1. The predicted octanol–water partition coefficient (Wildman–Crippen LogP) is 5.22. The van der Waals surface area contributed by atoms with Gasteiger partial charge in [-0.25, -0.2) is 0 Å². The standard InChI is InChI=1S/C27H27N3O5/c1-16-12-20(6-8-24(16)30(31)32)35-15-18-13-17(4-9-25(18)34-3)26-27-21(10-11-28-26)22-14-19(33-2)5-7-23(22)29-27/h4-9,12-14,26,28-29H,10-11,15H2,1-3H3/t26-/m0/s1. The van der Waals surface area contributed by atoms with Crippen LogP contribution in [0.5, 0.6) is 17.2 Å². The summed E-state index contributed by atoms with van der Waals surface area (Å²) in [6.45, 7) is 2.84. The van der Waals surface area contributed by atoms with Crippen LogP contribution >= 0.6 is 0 Å². The molecule has 0 bridgehead atoms. The van der Waals surface area contributed by atoms with Crippen LogP contribution in [0.25, 0.3) is 10.9 Å². The van der Waals surface area contributed by atoms with Crippen LogP contribution in [0.15, 0.2) is 54.6 Å². The normalized spacial score (nSPS) is 15.0. The molecular formula is C27H27N3O5. The number of hydrogen-bond donors (Lipinski definition) is 2. The molecule has 1 aliphatic heterocycles. The minimum absolute atomic E-state index is 0.00317. The Hall–Kier alpha value is -4.04. The molecule has 1 aliphatic rings. The van der Waals surface area contributed by atoms with E-state index in [1.165, 1.54) is 17.0 Å². The second kappa shape index (κ2) is 9.31. The van der Waals surface area contributed by atoms with Crippen molar-refractivity contribution >= 4 is 16.6 Å². The van der Waals surface area contributed by atoms with Gasteiger partial charge in [-0.3, -0.25) is 10.1 Å². The summed E-state index contributed by atoms with van der Waals surface area (Å²) < 4.78 is 17.0. The average Bonchev–Trinajstić information content (AvgIpc) is 3.25. The number of aryl methyl sites for hydroxylation is 1. The zero-order chi connectivity index (χ0) is 24.5. The highest BCUT2D eigenvalue weighted by Gasteiger charge is 2.26. The lowest BCUT2D eigenvalue weighted by Crippen LogP contribution is -2.30. The third-order valence-electron chi connectivity index (χ3n) is 6.56. The highest BCUT2D eigenvalue weighted by atomic mass is 16.6. The second-order valence-electron chi connectivity index (χ2n) is 8.63. The van der Waals surface area contributed by atoms with Crippen molar-refractivity contribution in [1.29, 1.82) is 0 Å². The molecule has 8 heteroatoms. The first-order valence-corrected chi connectivity index (χ1v) is 11.4. The third-order valence-corrected chi connectivity index (χ3v) is 6.56. The minimum Gasteiger partial charge on any atom is -0.497 e. The van der Waals surface area contributed by atoms with E-state index in [-0.39, 0.29) is 18.3 Å². The molecule has 1 aromatic heterocycles. The number of ether oxygens (including phenoxy) is 3. The molecule has 0 saturated heterocycles. The summed E-state index contributed by atoms with van der Waals surface area (Å²) in [6, 6.07) is 17.0. The van der Waals surface area contributed by atoms with Crippen molar-refractivity contribution in [2.45, 2.75) is 26.0 Å². The zero-order valence-corrected chi connectivity index (χ0v) is 19.9. The fourth-order valence-corrected chi connectivity index (χ4v) is 4.79. The summed E-state index contributed by atoms with van der Waals surface area (Å²) in [4.78, 5) is 14.3. The molecule has 2 N–H and O–H groups in total. The highest BCUT2D eigenvalue weighted by Crippen LogP contribution is 2.36. The number of nitrogens with zero attached hydrogens (tertiary/aromatic N) is 1. The van der Waals surface area contributed by atoms with Gasteiger partial charge in [0, 0.05) is 40.3 Å². The van der Waals surface area contributed by atoms with Gasteiger partial charge in [0.1, 0.15) is 23.9 Å². The first-order valence-electron chi connectivity index (χ1n) is 11.4. The minimum atomic E-state index is -0.392. The zero-order valence-electron chi connectivity index (χ0n) is 19.9. The number of nitrogens with one attached hydrogen (secondary N) is 2. The third kappa shape index (κ3) is 4.28. The van der Waals surface area contributed by atoms with Crippen molar-refractivity contribution in [3.05, 3.63) is 92.7 Å². The van der Waals surface area contributed by atoms with Gasteiger partial charge < -0.3 is 24.5 Å². The lowest BCUT2D eigenvalue weighted by molar-refractivity contribution is -0.385. The van der Waals surface area contributed by atoms with E-state index in [1.54, 1.807) is 33.3 Å². The summed E-state index contributed by atoms with van der Waals surface area (Å²) in [7, 11) is 3.32. The monoisotopic (exact) mass is 473 g/mol. The fourth-order valence-electron chi connectivity index (χ4n) is 4.79. The van der Waals surface area contributed by atoms with Gasteiger partial charge in [0.2, 0.25) is 0 Å². The molecule has 0 saturated carbocycles. The van der Waals surface area contributed by atoms with E-state index in [1.807, 2.05) is 12.1 Å². The maximum Gasteiger partial charge on any atom is 0.272 e. The van der Waals surface area contributed by atoms with E-state index in [0.717, 1.165) is 46.8 Å². The Morgan fingerprint density at radius 3 is 2.60 bits per heavy atom. The fraction of sp³-hybridized carbons (Fsp3) is 0.259. The van der Waals surface area contributed by atoms with Crippen molar-refractivity contribution < 1.29 is 19.1 Å². The number of aromatic nitrogens is 1. The van der Waals surface area contributed by atoms with Gasteiger partial charge in [-0.2, -0.15) is 0 Å². The molecular weight excluding hydrogens is 446 g/mol. The molecule has 0 unspecified atom stereocenters. The molecule has 1 atom stereocenters. The summed E-state index contributed by atoms with van der Waals surface area (Å²) in [5.74, 6) is 2.15. The smallest absolute Gasteiger partial charge is 0.272 e. The largest absolute Gasteiger partial charge is 0.497 e. The van der Waals surface area contributed by atoms with E-state index in [9.17, 15) is 10.1 Å². The topological polar surface area (TPSA) is 98.7 Å². The van der Waals surface area contributed by atoms with Crippen LogP contribution in [0.3, 0.4) is 0 Å². The van der Waals surface area contributed by atoms with Crippen molar-refractivity contribution in [1.82, 2.24) is 10.3 Å². The van der Waals surface area contributed by atoms with Crippen LogP contribution in [0.2, 0.25) is 0 Å². The van der Waals surface area contributed by atoms with Gasteiger partial charge >= 0.3 is 0 Å². The molecule has 4 aromatic rings. The summed E-state index contributed by atoms with van der Waals surface area (Å²) >= 11 is 0. The molecule has 35 heavy (non-hydrogen) atoms. The molecule has 0 spiro atoms. The molecule has 180 valence electrons. The van der Waals surface area contributed by atoms with Crippen molar-refractivity contribution in [2.75, 3.05) is 20.8 Å². The number of hydrogen-bond acceptors (Lipinski definition) is 6. The number of rotatable bonds is 7. The Balaban J connectivity index is 1.45. The van der Waals surface area contributed by atoms with E-state index in [2.05, 4.69) is 34.6 Å². The molecule has 2 heterocycles. The quantitative estimate of drug-likeness (QED) is 0.282. The Kier molecular flexibility index (Phi) is 6.05. The Labute approximate surface area is 203 Å². The van der Waals surface area contributed by atoms with Gasteiger partial charge in [-0.15, -0.1) is 0 Å². The molecule has 3 aromatic carbocycles. The van der Waals surface area contributed by atoms with Crippen LogP contribution in [-0.4, -0.2) is 30.7 Å². The predicted molar refractivity (Wildman–Crippen MR) is 134 cm³/mol. The van der Waals surface area contributed by atoms with Gasteiger partial charge in [0.25, 0.3) is 5.69 Å². The number of methoxy groups -OCH3 is 2. The Morgan fingerprint density at radius 2 is 1.86 bits per heavy atom. The SMILES string of the molecule is COc1ccc2[nH]c3c(c2c1)CCN[C@H]3c1ccc(OC)c(COc2ccc([N+](=O)[O-])c(C)c2)c1. The van der Waals surface area contributed by atoms with Crippen LogP contribution < -0.4 is 19.5 Å². The highest BCUT2D eigenvalue weighted by molar-refractivity contribution is 5.86. The number of nitro benzene ring substituents is 1. The van der Waals surface area contributed by atoms with Crippen LogP contribution in [0, 0.1) is 17.0 Å². The van der Waals surface area contributed by atoms with E-state index < -0.39 is 4.92 Å². The Bertz CT molecular complexity index is 1410. The first-order chi connectivity index (χ1) is 17.0. The molecule has 0 amide bonds. The number of benzene rings is 3. The molecule has 5 rings (SSSR count). The van der Waals surface area contributed by atoms with Crippen molar-refractivity contribution in [3.63, 3.8) is 0 Å². The van der Waals surface area contributed by atoms with Gasteiger partial charge in [-0.1, -0.05) is 6.07 Å². The van der Waals surface area contributed by atoms with Gasteiger partial charge in [-0.05, 0) is 66.9 Å². The van der Waals surface area contributed by atoms with Gasteiger partial charge in [0.15, 0.2) is 0 Å².